The fourth-order valence-electron chi connectivity index (χ4n) is 9.43. The second kappa shape index (κ2) is 11.7. The second-order valence-electron chi connectivity index (χ2n) is 15.9. The molecule has 9 rings (SSSR count). The van der Waals surface area contributed by atoms with Crippen molar-refractivity contribution in [1.82, 2.24) is 4.57 Å². The van der Waals surface area contributed by atoms with Crippen LogP contribution in [-0.4, -0.2) is 10.6 Å². The maximum absolute atomic E-state index is 13.7. The van der Waals surface area contributed by atoms with E-state index in [1.807, 2.05) is 38.1 Å². The minimum Gasteiger partial charge on any atom is -0.460 e. The predicted octanol–water partition coefficient (Wildman–Crippen LogP) is 10.8. The molecule has 2 unspecified atom stereocenters. The summed E-state index contributed by atoms with van der Waals surface area (Å²) in [7, 11) is 0. The van der Waals surface area contributed by atoms with Gasteiger partial charge in [-0.3, -0.25) is 4.79 Å². The van der Waals surface area contributed by atoms with E-state index in [9.17, 15) is 4.79 Å². The zero-order valence-corrected chi connectivity index (χ0v) is 31.5. The van der Waals surface area contributed by atoms with E-state index in [1.54, 1.807) is 0 Å². The summed E-state index contributed by atoms with van der Waals surface area (Å²) in [5.41, 5.74) is 25.4. The van der Waals surface area contributed by atoms with Gasteiger partial charge in [0.1, 0.15) is 33.9 Å². The van der Waals surface area contributed by atoms with Crippen LogP contribution in [0.25, 0.3) is 33.1 Å². The number of para-hydroxylation sites is 2. The molecule has 53 heavy (non-hydrogen) atoms. The van der Waals surface area contributed by atoms with Crippen molar-refractivity contribution in [2.75, 3.05) is 16.4 Å². The quantitative estimate of drug-likeness (QED) is 0.179. The number of hydrogen-bond donors (Lipinski definition) is 2. The Morgan fingerprint density at radius 1 is 0.698 bits per heavy atom. The summed E-state index contributed by atoms with van der Waals surface area (Å²) in [4.78, 5) is 16.1. The summed E-state index contributed by atoms with van der Waals surface area (Å²) >= 11 is 0. The number of pyridine rings is 1. The van der Waals surface area contributed by atoms with Crippen LogP contribution in [0.2, 0.25) is 0 Å². The van der Waals surface area contributed by atoms with Crippen LogP contribution in [0.5, 0.6) is 0 Å². The Balaban J connectivity index is 1.26. The zero-order valence-electron chi connectivity index (χ0n) is 31.5. The molecule has 7 aromatic rings. The smallest absolute Gasteiger partial charge is 0.232 e. The Kier molecular flexibility index (Phi) is 7.29. The van der Waals surface area contributed by atoms with Gasteiger partial charge in [0.25, 0.3) is 0 Å². The van der Waals surface area contributed by atoms with Crippen molar-refractivity contribution < 1.29 is 8.83 Å². The molecule has 1 spiro atoms. The highest BCUT2D eigenvalue weighted by atomic mass is 16.3. The van der Waals surface area contributed by atoms with Gasteiger partial charge in [-0.15, -0.1) is 0 Å². The van der Waals surface area contributed by atoms with Crippen LogP contribution in [0, 0.1) is 0 Å². The molecular formula is C46H46N4O3. The van der Waals surface area contributed by atoms with Crippen molar-refractivity contribution in [2.24, 2.45) is 0 Å². The van der Waals surface area contributed by atoms with Crippen molar-refractivity contribution in [3.8, 4) is 11.1 Å². The van der Waals surface area contributed by atoms with Crippen molar-refractivity contribution >= 4 is 44.8 Å². The van der Waals surface area contributed by atoms with Gasteiger partial charge in [0, 0.05) is 35.0 Å². The first kappa shape index (κ1) is 33.2. The molecular weight excluding hydrogens is 657 g/mol. The standard InChI is InChI=1S/C46H46N4O3/c1-24(2)42-37(47)39-44(52-42)41(51)30-15-9-12-18-35(30)50(39)27(7)22-28-20-21-33-31(23-28)29-14-8-10-16-32(29)46(33)34-17-11-13-19-36(34)49(26(5)6)40-38(48)43(25(3)4)53-45(40)46/h8-21,23-27H,22,47-48H2,1-7H3. The average Bonchev–Trinajstić information content (AvgIpc) is 3.77. The molecule has 0 saturated carbocycles. The number of rotatable bonds is 6. The van der Waals surface area contributed by atoms with E-state index in [0.717, 1.165) is 28.4 Å². The Labute approximate surface area is 309 Å². The van der Waals surface area contributed by atoms with Crippen LogP contribution in [0.1, 0.15) is 106 Å². The molecule has 1 aliphatic carbocycles. The fourth-order valence-corrected chi connectivity index (χ4v) is 9.43. The minimum absolute atomic E-state index is 0.0388. The summed E-state index contributed by atoms with van der Waals surface area (Å²) in [6.45, 7) is 15.0. The number of hydrogen-bond acceptors (Lipinski definition) is 6. The number of nitrogens with two attached hydrogens (primary N) is 2. The van der Waals surface area contributed by atoms with Crippen molar-refractivity contribution in [3.05, 3.63) is 141 Å². The lowest BCUT2D eigenvalue weighted by molar-refractivity contribution is 0.415. The third kappa shape index (κ3) is 4.37. The molecule has 0 fully saturated rings. The number of benzene rings is 4. The van der Waals surface area contributed by atoms with Crippen molar-refractivity contribution in [3.63, 3.8) is 0 Å². The number of aromatic nitrogens is 1. The molecule has 268 valence electrons. The third-order valence-electron chi connectivity index (χ3n) is 11.5. The number of fused-ring (bicyclic) bond motifs is 11. The van der Waals surface area contributed by atoms with E-state index in [4.69, 9.17) is 20.3 Å². The van der Waals surface area contributed by atoms with E-state index in [0.29, 0.717) is 40.0 Å². The Bertz CT molecular complexity index is 2670. The molecule has 0 amide bonds. The molecule has 2 aliphatic rings. The van der Waals surface area contributed by atoms with Crippen LogP contribution >= 0.6 is 0 Å². The molecule has 7 heteroatoms. The van der Waals surface area contributed by atoms with Gasteiger partial charge in [0.2, 0.25) is 11.0 Å². The number of anilines is 4. The Hall–Kier alpha value is -5.69. The molecule has 7 nitrogen and oxygen atoms in total. The number of nitrogens with zero attached hydrogens (tertiary/aromatic N) is 2. The summed E-state index contributed by atoms with van der Waals surface area (Å²) in [5, 5.41) is 0.626. The summed E-state index contributed by atoms with van der Waals surface area (Å²) in [5.74, 6) is 2.51. The van der Waals surface area contributed by atoms with Crippen LogP contribution < -0.4 is 21.8 Å². The monoisotopic (exact) mass is 702 g/mol. The van der Waals surface area contributed by atoms with E-state index >= 15 is 0 Å². The molecule has 3 aromatic heterocycles. The molecule has 4 heterocycles. The van der Waals surface area contributed by atoms with Crippen molar-refractivity contribution in [1.29, 1.82) is 0 Å². The topological polar surface area (TPSA) is 104 Å². The van der Waals surface area contributed by atoms with Crippen LogP contribution in [0.15, 0.2) is 105 Å². The fraction of sp³-hybridized carbons (Fsp3) is 0.283. The van der Waals surface area contributed by atoms with E-state index in [-0.39, 0.29) is 29.3 Å². The first-order valence-corrected chi connectivity index (χ1v) is 18.9. The highest BCUT2D eigenvalue weighted by Crippen LogP contribution is 2.65. The Morgan fingerprint density at radius 2 is 1.34 bits per heavy atom. The van der Waals surface area contributed by atoms with Crippen molar-refractivity contribution in [2.45, 2.75) is 84.2 Å². The van der Waals surface area contributed by atoms with Gasteiger partial charge in [-0.1, -0.05) is 100 Å². The summed E-state index contributed by atoms with van der Waals surface area (Å²) in [6, 6.07) is 32.3. The number of furan rings is 2. The van der Waals surface area contributed by atoms with Gasteiger partial charge >= 0.3 is 0 Å². The maximum atomic E-state index is 13.7. The van der Waals surface area contributed by atoms with E-state index in [1.165, 1.54) is 33.4 Å². The summed E-state index contributed by atoms with van der Waals surface area (Å²) in [6.07, 6.45) is 0.709. The summed E-state index contributed by atoms with van der Waals surface area (Å²) < 4.78 is 15.5. The van der Waals surface area contributed by atoms with Crippen LogP contribution in [-0.2, 0) is 11.8 Å². The molecule has 1 aliphatic heterocycles. The highest BCUT2D eigenvalue weighted by Gasteiger charge is 2.55. The van der Waals surface area contributed by atoms with Gasteiger partial charge in [0.05, 0.1) is 16.9 Å². The number of nitrogen functional groups attached to an aromatic ring is 2. The molecule has 0 radical (unpaired) electrons. The SMILES string of the molecule is CC(C)c1oc2c(c1N)N(C(C)C)c1ccccc1C21c2ccccc2-c2cc(CC(C)n3c4ccccc4c(=O)c4oc(C(C)C)c(N)c43)ccc21. The first-order chi connectivity index (χ1) is 25.5. The maximum Gasteiger partial charge on any atom is 0.232 e. The van der Waals surface area contributed by atoms with Crippen LogP contribution in [0.3, 0.4) is 0 Å². The van der Waals surface area contributed by atoms with Crippen LogP contribution in [0.4, 0.5) is 22.7 Å². The average molecular weight is 703 g/mol. The highest BCUT2D eigenvalue weighted by molar-refractivity contribution is 5.98. The van der Waals surface area contributed by atoms with Gasteiger partial charge in [0.15, 0.2) is 0 Å². The van der Waals surface area contributed by atoms with E-state index < -0.39 is 5.41 Å². The largest absolute Gasteiger partial charge is 0.460 e. The van der Waals surface area contributed by atoms with Gasteiger partial charge in [-0.25, -0.2) is 0 Å². The van der Waals surface area contributed by atoms with Gasteiger partial charge in [-0.2, -0.15) is 0 Å². The third-order valence-corrected chi connectivity index (χ3v) is 11.5. The molecule has 0 saturated heterocycles. The lowest BCUT2D eigenvalue weighted by Gasteiger charge is -2.43. The lowest BCUT2D eigenvalue weighted by Crippen LogP contribution is -2.39. The minimum atomic E-state index is -0.686. The molecule has 4 aromatic carbocycles. The molecule has 2 atom stereocenters. The Morgan fingerprint density at radius 3 is 2.08 bits per heavy atom. The lowest BCUT2D eigenvalue weighted by atomic mass is 9.67. The zero-order chi connectivity index (χ0) is 37.1. The molecule has 4 N–H and O–H groups in total. The first-order valence-electron chi connectivity index (χ1n) is 18.9. The van der Waals surface area contributed by atoms with E-state index in [2.05, 4.69) is 111 Å². The predicted molar refractivity (Wildman–Crippen MR) is 217 cm³/mol. The normalized spacial score (nSPS) is 16.6. The molecule has 0 bridgehead atoms. The second-order valence-corrected chi connectivity index (χ2v) is 15.9. The van der Waals surface area contributed by atoms with Gasteiger partial charge in [-0.05, 0) is 78.8 Å². The van der Waals surface area contributed by atoms with Gasteiger partial charge < -0.3 is 29.8 Å².